The first-order valence-electron chi connectivity index (χ1n) is 6.15. The lowest BCUT2D eigenvalue weighted by Crippen LogP contribution is -2.40. The molecule has 98 valence electrons. The van der Waals surface area contributed by atoms with Gasteiger partial charge in [-0.05, 0) is 43.5 Å². The number of rotatable bonds is 4. The number of anilines is 1. The summed E-state index contributed by atoms with van der Waals surface area (Å²) in [6.45, 7) is 0. The minimum Gasteiger partial charge on any atom is -0.379 e. The fourth-order valence-electron chi connectivity index (χ4n) is 2.34. The zero-order valence-corrected chi connectivity index (χ0v) is 10.5. The molecule has 1 aromatic carbocycles. The summed E-state index contributed by atoms with van der Waals surface area (Å²) in [5, 5.41) is 3.02. The molecule has 2 rings (SSSR count). The summed E-state index contributed by atoms with van der Waals surface area (Å²) in [5.41, 5.74) is 3.95. The minimum absolute atomic E-state index is 0.0625. The Morgan fingerprint density at radius 3 is 2.67 bits per heavy atom. The van der Waals surface area contributed by atoms with Gasteiger partial charge < -0.3 is 15.5 Å². The van der Waals surface area contributed by atoms with Gasteiger partial charge in [-0.15, -0.1) is 0 Å². The molecule has 2 atom stereocenters. The number of benzene rings is 1. The number of methoxy groups -OCH3 is 1. The van der Waals surface area contributed by atoms with Crippen molar-refractivity contribution in [2.75, 3.05) is 12.5 Å². The lowest BCUT2D eigenvalue weighted by Gasteiger charge is -2.19. The quantitative estimate of drug-likeness (QED) is 0.555. The first kappa shape index (κ1) is 12.9. The van der Waals surface area contributed by atoms with Gasteiger partial charge in [0.15, 0.2) is 0 Å². The zero-order chi connectivity index (χ0) is 13.0. The van der Waals surface area contributed by atoms with Crippen LogP contribution in [-0.4, -0.2) is 25.2 Å². The summed E-state index contributed by atoms with van der Waals surface area (Å²) in [6.07, 6.45) is 3.22. The number of carbonyl (C=O) groups is 1. The average molecular weight is 249 g/mol. The molecule has 2 unspecified atom stereocenters. The molecule has 1 saturated carbocycles. The van der Waals surface area contributed by atoms with Gasteiger partial charge in [-0.3, -0.25) is 10.6 Å². The fourth-order valence-corrected chi connectivity index (χ4v) is 2.34. The van der Waals surface area contributed by atoms with E-state index in [4.69, 9.17) is 10.6 Å². The number of nitrogens with two attached hydrogens (primary N) is 1. The van der Waals surface area contributed by atoms with Crippen LogP contribution in [0.4, 0.5) is 5.69 Å². The normalized spacial score (nSPS) is 22.8. The van der Waals surface area contributed by atoms with Crippen LogP contribution in [0.15, 0.2) is 24.3 Å². The van der Waals surface area contributed by atoms with Crippen molar-refractivity contribution in [3.05, 3.63) is 29.8 Å². The molecular formula is C13H19N3O2. The van der Waals surface area contributed by atoms with E-state index in [-0.39, 0.29) is 18.1 Å². The van der Waals surface area contributed by atoms with Gasteiger partial charge in [0, 0.05) is 18.4 Å². The van der Waals surface area contributed by atoms with Crippen LogP contribution in [-0.2, 0) is 4.74 Å². The predicted molar refractivity (Wildman–Crippen MR) is 70.2 cm³/mol. The molecule has 1 amide bonds. The Kier molecular flexibility index (Phi) is 4.17. The number of nitrogen functional groups attached to an aromatic ring is 1. The maximum atomic E-state index is 12.0. The standard InChI is InChI=1S/C13H19N3O2/c1-18-12-4-2-3-11(12)15-13(17)9-5-7-10(16-14)8-6-9/h5-8,11-12,16H,2-4,14H2,1H3,(H,15,17). The van der Waals surface area contributed by atoms with Crippen LogP contribution in [0.1, 0.15) is 29.6 Å². The van der Waals surface area contributed by atoms with Crippen LogP contribution >= 0.6 is 0 Å². The van der Waals surface area contributed by atoms with Crippen molar-refractivity contribution in [3.8, 4) is 0 Å². The number of amides is 1. The molecule has 0 heterocycles. The van der Waals surface area contributed by atoms with Gasteiger partial charge in [0.1, 0.15) is 0 Å². The monoisotopic (exact) mass is 249 g/mol. The van der Waals surface area contributed by atoms with Crippen molar-refractivity contribution in [2.24, 2.45) is 5.84 Å². The Morgan fingerprint density at radius 2 is 2.06 bits per heavy atom. The summed E-state index contributed by atoms with van der Waals surface area (Å²) in [7, 11) is 1.69. The van der Waals surface area contributed by atoms with Gasteiger partial charge in [0.2, 0.25) is 0 Å². The molecule has 1 aliphatic rings. The van der Waals surface area contributed by atoms with Crippen molar-refractivity contribution in [1.29, 1.82) is 0 Å². The highest BCUT2D eigenvalue weighted by Gasteiger charge is 2.28. The van der Waals surface area contributed by atoms with Crippen LogP contribution in [0.2, 0.25) is 0 Å². The van der Waals surface area contributed by atoms with Gasteiger partial charge in [-0.25, -0.2) is 0 Å². The molecule has 0 radical (unpaired) electrons. The summed E-state index contributed by atoms with van der Waals surface area (Å²) >= 11 is 0. The number of hydrazine groups is 1. The van der Waals surface area contributed by atoms with Crippen LogP contribution in [0, 0.1) is 0 Å². The zero-order valence-electron chi connectivity index (χ0n) is 10.5. The molecule has 1 fully saturated rings. The fraction of sp³-hybridized carbons (Fsp3) is 0.462. The predicted octanol–water partition coefficient (Wildman–Crippen LogP) is 1.27. The Hall–Kier alpha value is -1.59. The average Bonchev–Trinajstić information content (AvgIpc) is 2.86. The topological polar surface area (TPSA) is 76.4 Å². The van der Waals surface area contributed by atoms with Gasteiger partial charge in [-0.2, -0.15) is 0 Å². The molecule has 1 aromatic rings. The molecule has 5 heteroatoms. The molecule has 0 aromatic heterocycles. The highest BCUT2D eigenvalue weighted by atomic mass is 16.5. The van der Waals surface area contributed by atoms with Crippen molar-refractivity contribution in [3.63, 3.8) is 0 Å². The largest absolute Gasteiger partial charge is 0.379 e. The van der Waals surface area contributed by atoms with Crippen molar-refractivity contribution >= 4 is 11.6 Å². The van der Waals surface area contributed by atoms with Gasteiger partial charge in [0.25, 0.3) is 5.91 Å². The number of ether oxygens (including phenoxy) is 1. The highest BCUT2D eigenvalue weighted by Crippen LogP contribution is 2.22. The lowest BCUT2D eigenvalue weighted by atomic mass is 10.1. The molecule has 0 aliphatic heterocycles. The summed E-state index contributed by atoms with van der Waals surface area (Å²) < 4.78 is 5.36. The third kappa shape index (κ3) is 2.80. The van der Waals surface area contributed by atoms with E-state index in [1.54, 1.807) is 31.4 Å². The second-order valence-electron chi connectivity index (χ2n) is 4.51. The number of hydrogen-bond donors (Lipinski definition) is 3. The molecule has 0 bridgehead atoms. The van der Waals surface area contributed by atoms with E-state index in [9.17, 15) is 4.79 Å². The van der Waals surface area contributed by atoms with Crippen molar-refractivity contribution < 1.29 is 9.53 Å². The maximum Gasteiger partial charge on any atom is 0.251 e. The number of hydrogen-bond acceptors (Lipinski definition) is 4. The third-order valence-corrected chi connectivity index (χ3v) is 3.39. The smallest absolute Gasteiger partial charge is 0.251 e. The Balaban J connectivity index is 1.98. The van der Waals surface area contributed by atoms with Gasteiger partial charge in [0.05, 0.1) is 12.1 Å². The Labute approximate surface area is 107 Å². The molecule has 0 saturated heterocycles. The summed E-state index contributed by atoms with van der Waals surface area (Å²) in [6, 6.07) is 7.17. The van der Waals surface area contributed by atoms with Crippen molar-refractivity contribution in [1.82, 2.24) is 5.32 Å². The number of carbonyl (C=O) groups excluding carboxylic acids is 1. The first-order valence-corrected chi connectivity index (χ1v) is 6.15. The van der Waals surface area contributed by atoms with Gasteiger partial charge >= 0.3 is 0 Å². The van der Waals surface area contributed by atoms with Crippen LogP contribution in [0.25, 0.3) is 0 Å². The van der Waals surface area contributed by atoms with E-state index in [0.717, 1.165) is 24.9 Å². The Morgan fingerprint density at radius 1 is 1.33 bits per heavy atom. The molecule has 1 aliphatic carbocycles. The molecule has 5 nitrogen and oxygen atoms in total. The van der Waals surface area contributed by atoms with Gasteiger partial charge in [-0.1, -0.05) is 0 Å². The third-order valence-electron chi connectivity index (χ3n) is 3.39. The summed E-state index contributed by atoms with van der Waals surface area (Å²) in [5.74, 6) is 5.21. The van der Waals surface area contributed by atoms with Crippen LogP contribution in [0.5, 0.6) is 0 Å². The van der Waals surface area contributed by atoms with E-state index in [1.807, 2.05) is 0 Å². The molecular weight excluding hydrogens is 230 g/mol. The second-order valence-corrected chi connectivity index (χ2v) is 4.51. The Bertz CT molecular complexity index is 405. The van der Waals surface area contributed by atoms with E-state index >= 15 is 0 Å². The molecule has 0 spiro atoms. The van der Waals surface area contributed by atoms with E-state index in [0.29, 0.717) is 5.56 Å². The second kappa shape index (κ2) is 5.84. The SMILES string of the molecule is COC1CCCC1NC(=O)c1ccc(NN)cc1. The number of nitrogens with one attached hydrogen (secondary N) is 2. The van der Waals surface area contributed by atoms with E-state index in [2.05, 4.69) is 10.7 Å². The van der Waals surface area contributed by atoms with Crippen LogP contribution in [0.3, 0.4) is 0 Å². The first-order chi connectivity index (χ1) is 8.74. The van der Waals surface area contributed by atoms with Crippen LogP contribution < -0.4 is 16.6 Å². The highest BCUT2D eigenvalue weighted by molar-refractivity contribution is 5.94. The van der Waals surface area contributed by atoms with E-state index in [1.165, 1.54) is 0 Å². The van der Waals surface area contributed by atoms with E-state index < -0.39 is 0 Å². The molecule has 4 N–H and O–H groups in total. The lowest BCUT2D eigenvalue weighted by molar-refractivity contribution is 0.0722. The maximum absolute atomic E-state index is 12.0. The molecule has 18 heavy (non-hydrogen) atoms. The minimum atomic E-state index is -0.0625. The summed E-state index contributed by atoms with van der Waals surface area (Å²) in [4.78, 5) is 12.0. The van der Waals surface area contributed by atoms with Crippen molar-refractivity contribution in [2.45, 2.75) is 31.4 Å².